The lowest BCUT2D eigenvalue weighted by Gasteiger charge is -2.16. The van der Waals surface area contributed by atoms with Crippen LogP contribution in [0.1, 0.15) is 17.3 Å². The fourth-order valence-electron chi connectivity index (χ4n) is 1.93. The van der Waals surface area contributed by atoms with Crippen molar-refractivity contribution in [2.24, 2.45) is 0 Å². The summed E-state index contributed by atoms with van der Waals surface area (Å²) in [7, 11) is 0. The number of urea groups is 1. The van der Waals surface area contributed by atoms with E-state index in [1.165, 1.54) is 11.8 Å². The smallest absolute Gasteiger partial charge is 0.322 e. The molecule has 0 aromatic heterocycles. The van der Waals surface area contributed by atoms with Crippen molar-refractivity contribution >= 4 is 17.5 Å². The van der Waals surface area contributed by atoms with E-state index >= 15 is 0 Å². The second-order valence-electron chi connectivity index (χ2n) is 4.60. The van der Waals surface area contributed by atoms with E-state index in [9.17, 15) is 19.8 Å². The van der Waals surface area contributed by atoms with Crippen LogP contribution in [0.15, 0.2) is 24.3 Å². The normalized spacial score (nSPS) is 22.4. The number of ketones is 1. The number of likely N-dealkylation sites (tertiary alicyclic amines) is 1. The van der Waals surface area contributed by atoms with Gasteiger partial charge in [-0.05, 0) is 31.2 Å². The number of carbonyl (C=O) groups is 2. The number of anilines is 1. The average molecular weight is 264 g/mol. The molecule has 1 heterocycles. The molecule has 1 aliphatic rings. The van der Waals surface area contributed by atoms with Gasteiger partial charge in [-0.2, -0.15) is 0 Å². The zero-order valence-corrected chi connectivity index (χ0v) is 10.5. The highest BCUT2D eigenvalue weighted by Crippen LogP contribution is 2.14. The molecule has 1 aromatic rings. The van der Waals surface area contributed by atoms with Gasteiger partial charge in [0.05, 0.1) is 25.3 Å². The Bertz CT molecular complexity index is 476. The minimum absolute atomic E-state index is 0.0383. The van der Waals surface area contributed by atoms with Gasteiger partial charge < -0.3 is 20.4 Å². The summed E-state index contributed by atoms with van der Waals surface area (Å²) in [4.78, 5) is 24.3. The van der Waals surface area contributed by atoms with Crippen molar-refractivity contribution in [2.75, 3.05) is 18.4 Å². The molecule has 2 amide bonds. The van der Waals surface area contributed by atoms with Gasteiger partial charge in [-0.3, -0.25) is 4.79 Å². The number of rotatable bonds is 2. The Balaban J connectivity index is 1.97. The third kappa shape index (κ3) is 3.10. The third-order valence-corrected chi connectivity index (χ3v) is 3.09. The molecule has 3 N–H and O–H groups in total. The van der Waals surface area contributed by atoms with Crippen LogP contribution in [0.5, 0.6) is 0 Å². The summed E-state index contributed by atoms with van der Waals surface area (Å²) >= 11 is 0. The van der Waals surface area contributed by atoms with Crippen LogP contribution in [-0.4, -0.2) is 52.2 Å². The molecular formula is C13H16N2O4. The predicted molar refractivity (Wildman–Crippen MR) is 69.1 cm³/mol. The van der Waals surface area contributed by atoms with Crippen molar-refractivity contribution in [3.05, 3.63) is 29.8 Å². The summed E-state index contributed by atoms with van der Waals surface area (Å²) in [5, 5.41) is 21.4. The van der Waals surface area contributed by atoms with Gasteiger partial charge >= 0.3 is 6.03 Å². The first-order valence-electron chi connectivity index (χ1n) is 6.00. The molecule has 6 nitrogen and oxygen atoms in total. The Morgan fingerprint density at radius 3 is 2.16 bits per heavy atom. The van der Waals surface area contributed by atoms with Crippen LogP contribution < -0.4 is 5.32 Å². The van der Waals surface area contributed by atoms with Crippen LogP contribution in [0, 0.1) is 0 Å². The zero-order valence-electron chi connectivity index (χ0n) is 10.5. The van der Waals surface area contributed by atoms with Crippen molar-refractivity contribution in [2.45, 2.75) is 19.1 Å². The van der Waals surface area contributed by atoms with Crippen LogP contribution in [-0.2, 0) is 0 Å². The first kappa shape index (κ1) is 13.5. The molecular weight excluding hydrogens is 248 g/mol. The molecule has 1 aromatic carbocycles. The third-order valence-electron chi connectivity index (χ3n) is 3.09. The molecule has 1 saturated heterocycles. The Hall–Kier alpha value is -1.92. The van der Waals surface area contributed by atoms with E-state index in [1.807, 2.05) is 0 Å². The molecule has 1 aliphatic heterocycles. The Labute approximate surface area is 110 Å². The van der Waals surface area contributed by atoms with Gasteiger partial charge in [0.2, 0.25) is 0 Å². The van der Waals surface area contributed by atoms with E-state index in [4.69, 9.17) is 0 Å². The van der Waals surface area contributed by atoms with Crippen molar-refractivity contribution < 1.29 is 19.8 Å². The number of hydrogen-bond acceptors (Lipinski definition) is 4. The first-order chi connectivity index (χ1) is 8.97. The number of nitrogens with one attached hydrogen (secondary N) is 1. The van der Waals surface area contributed by atoms with Crippen molar-refractivity contribution in [3.8, 4) is 0 Å². The van der Waals surface area contributed by atoms with Crippen molar-refractivity contribution in [3.63, 3.8) is 0 Å². The maximum Gasteiger partial charge on any atom is 0.322 e. The number of aliphatic hydroxyl groups is 2. The summed E-state index contributed by atoms with van der Waals surface area (Å²) in [5.74, 6) is -0.0383. The largest absolute Gasteiger partial charge is 0.388 e. The van der Waals surface area contributed by atoms with Crippen molar-refractivity contribution in [1.29, 1.82) is 0 Å². The lowest BCUT2D eigenvalue weighted by molar-refractivity contribution is 0.0572. The summed E-state index contributed by atoms with van der Waals surface area (Å²) in [6, 6.07) is 6.15. The average Bonchev–Trinajstić information content (AvgIpc) is 2.70. The number of aliphatic hydroxyl groups excluding tert-OH is 2. The fourth-order valence-corrected chi connectivity index (χ4v) is 1.93. The second-order valence-corrected chi connectivity index (χ2v) is 4.60. The van der Waals surface area contributed by atoms with Crippen LogP contribution in [0.2, 0.25) is 0 Å². The minimum Gasteiger partial charge on any atom is -0.388 e. The maximum absolute atomic E-state index is 11.9. The highest BCUT2D eigenvalue weighted by molar-refractivity contribution is 5.95. The molecule has 0 unspecified atom stereocenters. The molecule has 6 heteroatoms. The Morgan fingerprint density at radius 1 is 1.16 bits per heavy atom. The minimum atomic E-state index is -0.897. The summed E-state index contributed by atoms with van der Waals surface area (Å²) in [5.41, 5.74) is 1.14. The lowest BCUT2D eigenvalue weighted by Crippen LogP contribution is -2.33. The number of amides is 2. The number of Topliss-reactive ketones (excluding diaryl/α,β-unsaturated/α-hetero) is 1. The van der Waals surface area contributed by atoms with E-state index in [1.54, 1.807) is 24.3 Å². The van der Waals surface area contributed by atoms with E-state index in [-0.39, 0.29) is 24.9 Å². The summed E-state index contributed by atoms with van der Waals surface area (Å²) in [6.07, 6.45) is -1.79. The monoisotopic (exact) mass is 264 g/mol. The number of benzene rings is 1. The SMILES string of the molecule is CC(=O)c1ccc(NC(=O)N2C[C@@H](O)[C@@H](O)C2)cc1. The van der Waals surface area contributed by atoms with E-state index in [0.717, 1.165) is 0 Å². The van der Waals surface area contributed by atoms with Crippen molar-refractivity contribution in [1.82, 2.24) is 4.90 Å². The molecule has 0 aliphatic carbocycles. The van der Waals surface area contributed by atoms with E-state index in [2.05, 4.69) is 5.32 Å². The number of carbonyl (C=O) groups excluding carboxylic acids is 2. The molecule has 0 radical (unpaired) electrons. The van der Waals surface area contributed by atoms with Crippen LogP contribution in [0.4, 0.5) is 10.5 Å². The van der Waals surface area contributed by atoms with Gasteiger partial charge in [-0.1, -0.05) is 0 Å². The highest BCUT2D eigenvalue weighted by Gasteiger charge is 2.32. The van der Waals surface area contributed by atoms with Crippen LogP contribution >= 0.6 is 0 Å². The molecule has 0 bridgehead atoms. The Kier molecular flexibility index (Phi) is 3.82. The number of hydrogen-bond donors (Lipinski definition) is 3. The van der Waals surface area contributed by atoms with Gasteiger partial charge in [0.1, 0.15) is 0 Å². The summed E-state index contributed by atoms with van der Waals surface area (Å²) in [6.45, 7) is 1.69. The van der Waals surface area contributed by atoms with Gasteiger partial charge in [-0.15, -0.1) is 0 Å². The van der Waals surface area contributed by atoms with Crippen LogP contribution in [0.25, 0.3) is 0 Å². The van der Waals surface area contributed by atoms with Gasteiger partial charge in [0, 0.05) is 11.3 Å². The number of β-amino-alcohol motifs (C(OH)–C–C–N with tert-alkyl or cyclic N) is 2. The highest BCUT2D eigenvalue weighted by atomic mass is 16.3. The first-order valence-corrected chi connectivity index (χ1v) is 6.00. The topological polar surface area (TPSA) is 89.9 Å². The lowest BCUT2D eigenvalue weighted by atomic mass is 10.1. The molecule has 2 atom stereocenters. The fraction of sp³-hybridized carbons (Fsp3) is 0.385. The zero-order chi connectivity index (χ0) is 14.0. The predicted octanol–water partition coefficient (Wildman–Crippen LogP) is 0.459. The van der Waals surface area contributed by atoms with Gasteiger partial charge in [-0.25, -0.2) is 4.79 Å². The molecule has 1 fully saturated rings. The standard InChI is InChI=1S/C13H16N2O4/c1-8(16)9-2-4-10(5-3-9)14-13(19)15-6-11(17)12(18)7-15/h2-5,11-12,17-18H,6-7H2,1H3,(H,14,19)/t11-,12+. The second kappa shape index (κ2) is 5.38. The van der Waals surface area contributed by atoms with E-state index in [0.29, 0.717) is 11.3 Å². The van der Waals surface area contributed by atoms with Gasteiger partial charge in [0.25, 0.3) is 0 Å². The Morgan fingerprint density at radius 2 is 1.68 bits per heavy atom. The van der Waals surface area contributed by atoms with Gasteiger partial charge in [0.15, 0.2) is 5.78 Å². The molecule has 0 spiro atoms. The number of nitrogens with zero attached hydrogens (tertiary/aromatic N) is 1. The quantitative estimate of drug-likeness (QED) is 0.677. The van der Waals surface area contributed by atoms with Crippen LogP contribution in [0.3, 0.4) is 0 Å². The maximum atomic E-state index is 11.9. The summed E-state index contributed by atoms with van der Waals surface area (Å²) < 4.78 is 0. The molecule has 19 heavy (non-hydrogen) atoms. The van der Waals surface area contributed by atoms with E-state index < -0.39 is 12.2 Å². The molecule has 102 valence electrons. The molecule has 2 rings (SSSR count). The molecule has 0 saturated carbocycles.